The summed E-state index contributed by atoms with van der Waals surface area (Å²) in [6, 6.07) is 0. The van der Waals surface area contributed by atoms with E-state index in [4.69, 9.17) is 0 Å². The number of rotatable bonds is 0. The molecule has 2 fully saturated rings. The van der Waals surface area contributed by atoms with Crippen LogP contribution in [0.4, 0.5) is 0 Å². The molecule has 1 unspecified atom stereocenters. The predicted molar refractivity (Wildman–Crippen MR) is 36.6 cm³/mol. The molecule has 2 rings (SSSR count). The van der Waals surface area contributed by atoms with Crippen molar-refractivity contribution >= 4 is 0 Å². The van der Waals surface area contributed by atoms with Crippen LogP contribution in [-0.2, 0) is 0 Å². The Labute approximate surface area is 56.0 Å². The molecule has 1 saturated carbocycles. The maximum Gasteiger partial charge on any atom is 0.0968 e. The minimum atomic E-state index is 0.387. The van der Waals surface area contributed by atoms with Crippen molar-refractivity contribution < 1.29 is 0 Å². The summed E-state index contributed by atoms with van der Waals surface area (Å²) in [6.45, 7) is 2.33. The van der Waals surface area contributed by atoms with Crippen molar-refractivity contribution in [2.75, 3.05) is 0 Å². The minimum Gasteiger partial charge on any atom is -0.235 e. The summed E-state index contributed by atoms with van der Waals surface area (Å²) < 4.78 is 0. The van der Waals surface area contributed by atoms with Crippen LogP contribution >= 0.6 is 0 Å². The van der Waals surface area contributed by atoms with Crippen LogP contribution in [0.3, 0.4) is 0 Å². The Hall–Kier alpha value is -0.0800. The van der Waals surface area contributed by atoms with Crippen molar-refractivity contribution in [3.63, 3.8) is 0 Å². The normalized spacial score (nSPS) is 39.0. The van der Waals surface area contributed by atoms with E-state index in [9.17, 15) is 0 Å². The Morgan fingerprint density at radius 3 is 2.56 bits per heavy atom. The highest BCUT2D eigenvalue weighted by atomic mass is 15.7. The van der Waals surface area contributed by atoms with Gasteiger partial charge in [-0.2, -0.15) is 0 Å². The lowest BCUT2D eigenvalue weighted by Crippen LogP contribution is -2.30. The molecular weight excluding hydrogens is 112 g/mol. The van der Waals surface area contributed by atoms with Crippen LogP contribution < -0.4 is 10.9 Å². The van der Waals surface area contributed by atoms with Gasteiger partial charge in [0, 0.05) is 0 Å². The Balaban J connectivity index is 2.03. The molecule has 0 amide bonds. The number of nitrogens with one attached hydrogen (secondary N) is 2. The molecule has 0 radical (unpaired) electrons. The molecule has 0 aromatic heterocycles. The van der Waals surface area contributed by atoms with Crippen molar-refractivity contribution in [3.05, 3.63) is 0 Å². The van der Waals surface area contributed by atoms with E-state index < -0.39 is 0 Å². The highest BCUT2D eigenvalue weighted by Crippen LogP contribution is 2.35. The zero-order chi connectivity index (χ0) is 6.32. The molecule has 1 saturated heterocycles. The third-order valence-corrected chi connectivity index (χ3v) is 2.75. The topological polar surface area (TPSA) is 43.9 Å². The van der Waals surface area contributed by atoms with Gasteiger partial charge in [0.15, 0.2) is 0 Å². The lowest BCUT2D eigenvalue weighted by atomic mass is 9.84. The maximum atomic E-state index is 3.25. The molecule has 1 heterocycles. The van der Waals surface area contributed by atoms with Crippen LogP contribution in [0.25, 0.3) is 0 Å². The van der Waals surface area contributed by atoms with Gasteiger partial charge in [0.2, 0.25) is 0 Å². The summed E-state index contributed by atoms with van der Waals surface area (Å²) in [6.07, 6.45) is 5.53. The largest absolute Gasteiger partial charge is 0.235 e. The first-order valence-electron chi connectivity index (χ1n) is 3.88. The molecule has 2 nitrogen and oxygen atoms in total. The second kappa shape index (κ2) is 1.70. The van der Waals surface area contributed by atoms with Crippen LogP contribution in [0.1, 0.15) is 32.6 Å². The van der Waals surface area contributed by atoms with E-state index in [0.717, 1.165) is 5.92 Å². The fourth-order valence-corrected chi connectivity index (χ4v) is 1.80. The van der Waals surface area contributed by atoms with Crippen LogP contribution in [0, 0.1) is 5.92 Å². The molecule has 2 aliphatic rings. The van der Waals surface area contributed by atoms with Crippen molar-refractivity contribution in [1.82, 2.24) is 10.9 Å². The average molecular weight is 126 g/mol. The summed E-state index contributed by atoms with van der Waals surface area (Å²) >= 11 is 0. The lowest BCUT2D eigenvalue weighted by Gasteiger charge is -2.24. The Bertz CT molecular complexity index is 118. The van der Waals surface area contributed by atoms with Crippen molar-refractivity contribution in [2.45, 2.75) is 38.3 Å². The predicted octanol–water partition coefficient (Wildman–Crippen LogP) is 1.00. The fraction of sp³-hybridized carbons (Fsp3) is 1.00. The molecule has 0 aromatic rings. The van der Waals surface area contributed by atoms with Gasteiger partial charge < -0.3 is 0 Å². The summed E-state index contributed by atoms with van der Waals surface area (Å²) in [4.78, 5) is 0. The van der Waals surface area contributed by atoms with Gasteiger partial charge in [-0.25, -0.2) is 10.9 Å². The van der Waals surface area contributed by atoms with E-state index in [1.807, 2.05) is 0 Å². The molecule has 1 aliphatic heterocycles. The van der Waals surface area contributed by atoms with Crippen LogP contribution in [0.2, 0.25) is 0 Å². The van der Waals surface area contributed by atoms with Crippen LogP contribution in [0.15, 0.2) is 0 Å². The van der Waals surface area contributed by atoms with E-state index in [2.05, 4.69) is 17.8 Å². The van der Waals surface area contributed by atoms with Gasteiger partial charge >= 0.3 is 0 Å². The Morgan fingerprint density at radius 1 is 1.33 bits per heavy atom. The molecule has 1 atom stereocenters. The van der Waals surface area contributed by atoms with Gasteiger partial charge in [0.1, 0.15) is 0 Å². The molecule has 1 spiro atoms. The van der Waals surface area contributed by atoms with E-state index in [0.29, 0.717) is 5.66 Å². The van der Waals surface area contributed by atoms with Crippen LogP contribution in [-0.4, -0.2) is 5.66 Å². The van der Waals surface area contributed by atoms with E-state index in [1.165, 1.54) is 25.7 Å². The zero-order valence-electron chi connectivity index (χ0n) is 5.91. The van der Waals surface area contributed by atoms with Gasteiger partial charge in [0.25, 0.3) is 0 Å². The summed E-state index contributed by atoms with van der Waals surface area (Å²) in [5, 5.41) is 0. The number of hydrogen-bond donors (Lipinski definition) is 2. The van der Waals surface area contributed by atoms with Crippen LogP contribution in [0.5, 0.6) is 0 Å². The van der Waals surface area contributed by atoms with Gasteiger partial charge in [-0.3, -0.25) is 0 Å². The van der Waals surface area contributed by atoms with E-state index >= 15 is 0 Å². The summed E-state index contributed by atoms with van der Waals surface area (Å²) in [5.41, 5.74) is 6.89. The molecule has 9 heavy (non-hydrogen) atoms. The highest BCUT2D eigenvalue weighted by Gasteiger charge is 2.47. The minimum absolute atomic E-state index is 0.387. The molecule has 2 N–H and O–H groups in total. The average Bonchev–Trinajstić information content (AvgIpc) is 2.60. The van der Waals surface area contributed by atoms with E-state index in [-0.39, 0.29) is 0 Å². The third kappa shape index (κ3) is 0.775. The highest BCUT2D eigenvalue weighted by molar-refractivity contribution is 5.00. The fourth-order valence-electron chi connectivity index (χ4n) is 1.80. The molecular formula is C7H14N2. The van der Waals surface area contributed by atoms with Gasteiger partial charge in [-0.15, -0.1) is 0 Å². The monoisotopic (exact) mass is 126 g/mol. The molecule has 52 valence electrons. The molecule has 0 aromatic carbocycles. The van der Waals surface area contributed by atoms with Crippen molar-refractivity contribution in [2.24, 2.45) is 5.92 Å². The smallest absolute Gasteiger partial charge is 0.0968 e. The first-order chi connectivity index (χ1) is 4.33. The van der Waals surface area contributed by atoms with Gasteiger partial charge in [-0.05, 0) is 18.8 Å². The standard InChI is InChI=1S/C7H14N2/c1-6-4-2-3-5-7(6)8-9-7/h6,8-9H,2-5H2,1H3. The Morgan fingerprint density at radius 2 is 2.11 bits per heavy atom. The first-order valence-corrected chi connectivity index (χ1v) is 3.88. The zero-order valence-corrected chi connectivity index (χ0v) is 5.91. The molecule has 0 bridgehead atoms. The maximum absolute atomic E-state index is 3.25. The molecule has 1 aliphatic carbocycles. The SMILES string of the molecule is CC1CCCCC12NN2. The quantitative estimate of drug-likeness (QED) is 0.475. The summed E-state index contributed by atoms with van der Waals surface area (Å²) in [7, 11) is 0. The van der Waals surface area contributed by atoms with Crippen molar-refractivity contribution in [1.29, 1.82) is 0 Å². The van der Waals surface area contributed by atoms with Gasteiger partial charge in [-0.1, -0.05) is 19.8 Å². The number of hydrogen-bond acceptors (Lipinski definition) is 2. The summed E-state index contributed by atoms with van der Waals surface area (Å²) in [5.74, 6) is 0.839. The lowest BCUT2D eigenvalue weighted by molar-refractivity contribution is 0.291. The molecule has 2 heteroatoms. The second-order valence-electron chi connectivity index (χ2n) is 3.37. The first kappa shape index (κ1) is 5.69. The third-order valence-electron chi connectivity index (χ3n) is 2.75. The van der Waals surface area contributed by atoms with E-state index in [1.54, 1.807) is 0 Å². The van der Waals surface area contributed by atoms with Gasteiger partial charge in [0.05, 0.1) is 5.66 Å². The Kier molecular flexibility index (Phi) is 1.08. The number of hydrazine groups is 1. The second-order valence-corrected chi connectivity index (χ2v) is 3.37. The van der Waals surface area contributed by atoms with Crippen molar-refractivity contribution in [3.8, 4) is 0 Å².